The number of aryl methyl sites for hydroxylation is 2. The molecule has 1 nitrogen and oxygen atoms in total. The van der Waals surface area contributed by atoms with Crippen LogP contribution in [0, 0.1) is 13.8 Å². The summed E-state index contributed by atoms with van der Waals surface area (Å²) in [6, 6.07) is 4.38. The first-order valence-electron chi connectivity index (χ1n) is 5.64. The fourth-order valence-electron chi connectivity index (χ4n) is 1.77. The molecular formula is C14H20BrN. The Morgan fingerprint density at radius 3 is 2.31 bits per heavy atom. The Balaban J connectivity index is 2.92. The average Bonchev–Trinajstić information content (AvgIpc) is 2.24. The van der Waals surface area contributed by atoms with Crippen LogP contribution in [0.4, 0.5) is 0 Å². The van der Waals surface area contributed by atoms with Crippen LogP contribution < -0.4 is 5.73 Å². The van der Waals surface area contributed by atoms with Crippen LogP contribution in [-0.2, 0) is 0 Å². The predicted molar refractivity (Wildman–Crippen MR) is 74.6 cm³/mol. The van der Waals surface area contributed by atoms with E-state index in [1.54, 1.807) is 0 Å². The van der Waals surface area contributed by atoms with Crippen LogP contribution in [0.5, 0.6) is 0 Å². The standard InChI is InChI=1S/C14H20BrN/c1-5-9(2)6-13(16)12-7-10(3)14(15)11(4)8-12/h7-8,13H,2,5-6,16H2,1,3-4H3. The van der Waals surface area contributed by atoms with E-state index in [2.05, 4.69) is 55.4 Å². The zero-order chi connectivity index (χ0) is 12.3. The zero-order valence-electron chi connectivity index (χ0n) is 10.3. The van der Waals surface area contributed by atoms with E-state index in [1.165, 1.54) is 26.7 Å². The molecule has 1 aromatic rings. The maximum absolute atomic E-state index is 6.18. The Morgan fingerprint density at radius 1 is 1.38 bits per heavy atom. The summed E-state index contributed by atoms with van der Waals surface area (Å²) in [4.78, 5) is 0. The molecule has 88 valence electrons. The van der Waals surface area contributed by atoms with Gasteiger partial charge < -0.3 is 5.73 Å². The molecule has 2 heteroatoms. The van der Waals surface area contributed by atoms with Crippen LogP contribution in [0.25, 0.3) is 0 Å². The van der Waals surface area contributed by atoms with Crippen molar-refractivity contribution in [3.05, 3.63) is 45.4 Å². The van der Waals surface area contributed by atoms with Gasteiger partial charge in [-0.1, -0.05) is 47.1 Å². The van der Waals surface area contributed by atoms with E-state index in [1.807, 2.05) is 0 Å². The number of halogens is 1. The molecule has 0 aromatic heterocycles. The summed E-state index contributed by atoms with van der Waals surface area (Å²) in [6.45, 7) is 10.3. The normalized spacial score (nSPS) is 12.6. The zero-order valence-corrected chi connectivity index (χ0v) is 11.9. The van der Waals surface area contributed by atoms with E-state index < -0.39 is 0 Å². The molecule has 0 spiro atoms. The van der Waals surface area contributed by atoms with Gasteiger partial charge in [0.15, 0.2) is 0 Å². The van der Waals surface area contributed by atoms with Gasteiger partial charge in [-0.3, -0.25) is 0 Å². The SMILES string of the molecule is C=C(CC)CC(N)c1cc(C)c(Br)c(C)c1. The highest BCUT2D eigenvalue weighted by atomic mass is 79.9. The third-order valence-electron chi connectivity index (χ3n) is 2.90. The summed E-state index contributed by atoms with van der Waals surface area (Å²) in [5.74, 6) is 0. The molecule has 1 aromatic carbocycles. The molecule has 0 saturated heterocycles. The van der Waals surface area contributed by atoms with Crippen molar-refractivity contribution in [2.75, 3.05) is 0 Å². The topological polar surface area (TPSA) is 26.0 Å². The lowest BCUT2D eigenvalue weighted by Gasteiger charge is -2.15. The van der Waals surface area contributed by atoms with E-state index in [9.17, 15) is 0 Å². The van der Waals surface area contributed by atoms with Gasteiger partial charge in [0.05, 0.1) is 0 Å². The molecule has 0 radical (unpaired) electrons. The minimum absolute atomic E-state index is 0.0675. The summed E-state index contributed by atoms with van der Waals surface area (Å²) in [7, 11) is 0. The summed E-state index contributed by atoms with van der Waals surface area (Å²) < 4.78 is 1.18. The van der Waals surface area contributed by atoms with Crippen LogP contribution in [0.1, 0.15) is 42.5 Å². The largest absolute Gasteiger partial charge is 0.324 e. The third kappa shape index (κ3) is 3.19. The minimum atomic E-state index is 0.0675. The lowest BCUT2D eigenvalue weighted by molar-refractivity contribution is 0.699. The van der Waals surface area contributed by atoms with Crippen molar-refractivity contribution in [1.82, 2.24) is 0 Å². The van der Waals surface area contributed by atoms with Crippen LogP contribution in [0.15, 0.2) is 28.8 Å². The Hall–Kier alpha value is -0.600. The van der Waals surface area contributed by atoms with Crippen molar-refractivity contribution >= 4 is 15.9 Å². The van der Waals surface area contributed by atoms with E-state index in [-0.39, 0.29) is 6.04 Å². The van der Waals surface area contributed by atoms with Gasteiger partial charge in [-0.25, -0.2) is 0 Å². The second kappa shape index (κ2) is 5.65. The number of hydrogen-bond donors (Lipinski definition) is 1. The van der Waals surface area contributed by atoms with Crippen molar-refractivity contribution in [2.45, 2.75) is 39.7 Å². The summed E-state index contributed by atoms with van der Waals surface area (Å²) in [6.07, 6.45) is 1.87. The average molecular weight is 282 g/mol. The molecule has 1 rings (SSSR count). The molecule has 0 saturated carbocycles. The maximum Gasteiger partial charge on any atom is 0.0332 e. The molecule has 0 aliphatic carbocycles. The van der Waals surface area contributed by atoms with Gasteiger partial charge in [0, 0.05) is 10.5 Å². The van der Waals surface area contributed by atoms with E-state index in [0.29, 0.717) is 0 Å². The fourth-order valence-corrected chi connectivity index (χ4v) is 2.00. The first-order valence-corrected chi connectivity index (χ1v) is 6.43. The predicted octanol–water partition coefficient (Wildman–Crippen LogP) is 4.42. The Kier molecular flexibility index (Phi) is 4.75. The fraction of sp³-hybridized carbons (Fsp3) is 0.429. The van der Waals surface area contributed by atoms with E-state index >= 15 is 0 Å². The maximum atomic E-state index is 6.18. The smallest absolute Gasteiger partial charge is 0.0332 e. The molecule has 1 atom stereocenters. The molecule has 2 N–H and O–H groups in total. The number of benzene rings is 1. The molecular weight excluding hydrogens is 262 g/mol. The monoisotopic (exact) mass is 281 g/mol. The van der Waals surface area contributed by atoms with Crippen molar-refractivity contribution in [2.24, 2.45) is 5.73 Å². The van der Waals surface area contributed by atoms with Gasteiger partial charge in [0.25, 0.3) is 0 Å². The minimum Gasteiger partial charge on any atom is -0.324 e. The highest BCUT2D eigenvalue weighted by Gasteiger charge is 2.10. The Morgan fingerprint density at radius 2 is 1.88 bits per heavy atom. The first-order chi connectivity index (χ1) is 7.45. The summed E-state index contributed by atoms with van der Waals surface area (Å²) in [5, 5.41) is 0. The van der Waals surface area contributed by atoms with Gasteiger partial charge >= 0.3 is 0 Å². The Bertz CT molecular complexity index is 373. The van der Waals surface area contributed by atoms with Crippen LogP contribution >= 0.6 is 15.9 Å². The lowest BCUT2D eigenvalue weighted by atomic mass is 9.96. The quantitative estimate of drug-likeness (QED) is 0.813. The summed E-state index contributed by atoms with van der Waals surface area (Å²) >= 11 is 3.57. The molecule has 0 aliphatic rings. The van der Waals surface area contributed by atoms with E-state index in [0.717, 1.165) is 12.8 Å². The van der Waals surface area contributed by atoms with Crippen molar-refractivity contribution in [3.8, 4) is 0 Å². The van der Waals surface area contributed by atoms with Crippen LogP contribution in [0.3, 0.4) is 0 Å². The van der Waals surface area contributed by atoms with Gasteiger partial charge in [-0.15, -0.1) is 0 Å². The highest BCUT2D eigenvalue weighted by Crippen LogP contribution is 2.27. The van der Waals surface area contributed by atoms with Gasteiger partial charge in [-0.05, 0) is 43.4 Å². The number of hydrogen-bond acceptors (Lipinski definition) is 1. The highest BCUT2D eigenvalue weighted by molar-refractivity contribution is 9.10. The molecule has 0 heterocycles. The van der Waals surface area contributed by atoms with Crippen molar-refractivity contribution in [3.63, 3.8) is 0 Å². The second-order valence-corrected chi connectivity index (χ2v) is 5.18. The van der Waals surface area contributed by atoms with Gasteiger partial charge in [-0.2, -0.15) is 0 Å². The molecule has 0 aliphatic heterocycles. The van der Waals surface area contributed by atoms with Crippen LogP contribution in [0.2, 0.25) is 0 Å². The van der Waals surface area contributed by atoms with Crippen molar-refractivity contribution in [1.29, 1.82) is 0 Å². The third-order valence-corrected chi connectivity index (χ3v) is 4.15. The molecule has 0 amide bonds. The molecule has 1 unspecified atom stereocenters. The second-order valence-electron chi connectivity index (χ2n) is 4.38. The van der Waals surface area contributed by atoms with Gasteiger partial charge in [0.1, 0.15) is 0 Å². The molecule has 0 bridgehead atoms. The van der Waals surface area contributed by atoms with Gasteiger partial charge in [0.2, 0.25) is 0 Å². The number of nitrogens with two attached hydrogens (primary N) is 1. The number of rotatable bonds is 4. The van der Waals surface area contributed by atoms with E-state index in [4.69, 9.17) is 5.73 Å². The molecule has 0 fully saturated rings. The summed E-state index contributed by atoms with van der Waals surface area (Å²) in [5.41, 5.74) is 11.1. The lowest BCUT2D eigenvalue weighted by Crippen LogP contribution is -2.11. The van der Waals surface area contributed by atoms with Crippen LogP contribution in [-0.4, -0.2) is 0 Å². The van der Waals surface area contributed by atoms with Crippen molar-refractivity contribution < 1.29 is 0 Å². The molecule has 16 heavy (non-hydrogen) atoms. The first kappa shape index (κ1) is 13.5. The Labute approximate surface area is 107 Å².